The van der Waals surface area contributed by atoms with Gasteiger partial charge in [0.2, 0.25) is 0 Å². The average molecular weight is 280 g/mol. The zero-order valence-corrected chi connectivity index (χ0v) is 10.2. The van der Waals surface area contributed by atoms with Crippen LogP contribution in [0, 0.1) is 9.81 Å². The Morgan fingerprint density at radius 1 is 0.850 bits per heavy atom. The molecule has 0 aliphatic heterocycles. The maximum absolute atomic E-state index is 10.1. The van der Waals surface area contributed by atoms with E-state index in [-0.39, 0.29) is 24.8 Å². The third-order valence-corrected chi connectivity index (χ3v) is 2.06. The smallest absolute Gasteiger partial charge is 0.151 e. The summed E-state index contributed by atoms with van der Waals surface area (Å²) in [6, 6.07) is 6.24. The van der Waals surface area contributed by atoms with E-state index in [1.807, 2.05) is 0 Å². The van der Waals surface area contributed by atoms with E-state index in [9.17, 15) is 9.81 Å². The van der Waals surface area contributed by atoms with Crippen LogP contribution in [-0.4, -0.2) is 35.2 Å². The van der Waals surface area contributed by atoms with Crippen molar-refractivity contribution in [2.45, 2.75) is 0 Å². The molecule has 20 heavy (non-hydrogen) atoms. The van der Waals surface area contributed by atoms with E-state index in [2.05, 4.69) is 20.3 Å². The van der Waals surface area contributed by atoms with Gasteiger partial charge in [-0.1, -0.05) is 10.4 Å². The van der Waals surface area contributed by atoms with Gasteiger partial charge in [-0.05, 0) is 24.3 Å². The van der Waals surface area contributed by atoms with E-state index in [0.717, 1.165) is 0 Å². The Hall–Kier alpha value is -2.72. The van der Waals surface area contributed by atoms with Gasteiger partial charge in [0.15, 0.2) is 11.7 Å². The highest BCUT2D eigenvalue weighted by atomic mass is 16.5. The van der Waals surface area contributed by atoms with Crippen LogP contribution in [0.25, 0.3) is 0 Å². The molecule has 4 N–H and O–H groups in total. The number of nitrogens with zero attached hydrogens (tertiary/aromatic N) is 4. The van der Waals surface area contributed by atoms with Gasteiger partial charge in [-0.25, -0.2) is 9.98 Å². The Balaban J connectivity index is 2.88. The van der Waals surface area contributed by atoms with Crippen LogP contribution in [0.5, 0.6) is 0 Å². The molecule has 0 radical (unpaired) electrons. The highest BCUT2D eigenvalue weighted by Crippen LogP contribution is 2.18. The summed E-state index contributed by atoms with van der Waals surface area (Å²) >= 11 is 0. The molecule has 0 aromatic heterocycles. The van der Waals surface area contributed by atoms with Crippen LogP contribution in [0.2, 0.25) is 0 Å². The predicted octanol–water partition coefficient (Wildman–Crippen LogP) is 1.24. The molecule has 0 atom stereocenters. The fourth-order valence-electron chi connectivity index (χ4n) is 1.23. The van der Waals surface area contributed by atoms with Crippen molar-refractivity contribution in [2.24, 2.45) is 20.3 Å². The first-order valence-corrected chi connectivity index (χ1v) is 5.37. The van der Waals surface area contributed by atoms with Gasteiger partial charge in [-0.3, -0.25) is 21.4 Å². The maximum Gasteiger partial charge on any atom is 0.151 e. The van der Waals surface area contributed by atoms with Crippen molar-refractivity contribution in [1.29, 1.82) is 0 Å². The molecule has 0 unspecified atom stereocenters. The number of hydrogen-bond donors (Lipinski definition) is 4. The lowest BCUT2D eigenvalue weighted by molar-refractivity contribution is 0.233. The monoisotopic (exact) mass is 280 g/mol. The second-order valence-electron chi connectivity index (χ2n) is 3.43. The molecule has 0 heterocycles. The fraction of sp³-hybridized carbons (Fsp3) is 0.200. The summed E-state index contributed by atoms with van der Waals surface area (Å²) in [4.78, 5) is 28.0. The number of hydroxylamine groups is 2. The van der Waals surface area contributed by atoms with Crippen LogP contribution >= 0.6 is 0 Å². The molecule has 0 spiro atoms. The standard InChI is InChI=1S/C10H12N6O4/c17-11-5-9(15-19)13-7-1-2-8(4-3-7)14-10(16-20)6-12-18/h1-4,19-20H,5-6H2,(H,13,15)(H,14,16). The van der Waals surface area contributed by atoms with Gasteiger partial charge in [0.05, 0.1) is 11.4 Å². The highest BCUT2D eigenvalue weighted by molar-refractivity contribution is 5.87. The first-order valence-electron chi connectivity index (χ1n) is 5.37. The van der Waals surface area contributed by atoms with E-state index < -0.39 is 0 Å². The molecule has 10 nitrogen and oxygen atoms in total. The second-order valence-corrected chi connectivity index (χ2v) is 3.43. The Morgan fingerprint density at radius 3 is 1.45 bits per heavy atom. The molecular weight excluding hydrogens is 268 g/mol. The minimum atomic E-state index is -0.292. The molecule has 0 fully saturated rings. The lowest BCUT2D eigenvalue weighted by atomic mass is 10.3. The van der Waals surface area contributed by atoms with Crippen LogP contribution in [0.1, 0.15) is 0 Å². The molecule has 10 heteroatoms. The first-order chi connectivity index (χ1) is 9.73. The summed E-state index contributed by atoms with van der Waals surface area (Å²) in [7, 11) is 0. The van der Waals surface area contributed by atoms with E-state index in [0.29, 0.717) is 11.4 Å². The van der Waals surface area contributed by atoms with Crippen LogP contribution in [0.15, 0.2) is 44.6 Å². The average Bonchev–Trinajstić information content (AvgIpc) is 2.48. The lowest BCUT2D eigenvalue weighted by Gasteiger charge is -2.02. The predicted molar refractivity (Wildman–Crippen MR) is 71.8 cm³/mol. The largest absolute Gasteiger partial charge is 0.290 e. The number of rotatable bonds is 6. The summed E-state index contributed by atoms with van der Waals surface area (Å²) < 4.78 is 0. The van der Waals surface area contributed by atoms with Crippen LogP contribution < -0.4 is 11.0 Å². The topological polar surface area (TPSA) is 148 Å². The molecule has 0 aliphatic carbocycles. The minimum absolute atomic E-state index is 0.000815. The zero-order valence-electron chi connectivity index (χ0n) is 10.2. The molecule has 0 aliphatic rings. The summed E-state index contributed by atoms with van der Waals surface area (Å²) in [6.07, 6.45) is 0. The second kappa shape index (κ2) is 8.39. The highest BCUT2D eigenvalue weighted by Gasteiger charge is 2.00. The molecule has 1 aromatic carbocycles. The van der Waals surface area contributed by atoms with Gasteiger partial charge in [0.1, 0.15) is 13.1 Å². The number of nitroso groups, excluding NO2 is 2. The van der Waals surface area contributed by atoms with Crippen molar-refractivity contribution in [1.82, 2.24) is 11.0 Å². The van der Waals surface area contributed by atoms with Gasteiger partial charge in [-0.2, -0.15) is 9.81 Å². The van der Waals surface area contributed by atoms with Gasteiger partial charge in [0.25, 0.3) is 0 Å². The number of benzene rings is 1. The van der Waals surface area contributed by atoms with Crippen LogP contribution in [-0.2, 0) is 0 Å². The third kappa shape index (κ3) is 4.88. The molecule has 0 saturated heterocycles. The van der Waals surface area contributed by atoms with Crippen molar-refractivity contribution < 1.29 is 10.4 Å². The number of nitrogens with one attached hydrogen (secondary N) is 2. The molecule has 106 valence electrons. The van der Waals surface area contributed by atoms with Crippen molar-refractivity contribution in [2.75, 3.05) is 13.1 Å². The van der Waals surface area contributed by atoms with Gasteiger partial charge in [-0.15, -0.1) is 0 Å². The van der Waals surface area contributed by atoms with Crippen LogP contribution in [0.4, 0.5) is 11.4 Å². The number of amidine groups is 2. The quantitative estimate of drug-likeness (QED) is 0.266. The summed E-state index contributed by atoms with van der Waals surface area (Å²) in [5.41, 5.74) is 4.43. The van der Waals surface area contributed by atoms with Crippen molar-refractivity contribution in [3.63, 3.8) is 0 Å². The molecule has 1 aromatic rings. The molecule has 0 bridgehead atoms. The Bertz CT molecular complexity index is 466. The Labute approximate surface area is 113 Å². The van der Waals surface area contributed by atoms with Gasteiger partial charge < -0.3 is 0 Å². The summed E-state index contributed by atoms with van der Waals surface area (Å²) in [5.74, 6) is -0.00163. The fourth-order valence-corrected chi connectivity index (χ4v) is 1.23. The van der Waals surface area contributed by atoms with Gasteiger partial charge in [0, 0.05) is 0 Å². The number of hydrogen-bond acceptors (Lipinski definition) is 8. The van der Waals surface area contributed by atoms with E-state index in [4.69, 9.17) is 10.4 Å². The van der Waals surface area contributed by atoms with E-state index >= 15 is 0 Å². The molecule has 0 amide bonds. The van der Waals surface area contributed by atoms with E-state index in [1.165, 1.54) is 0 Å². The van der Waals surface area contributed by atoms with Crippen LogP contribution in [0.3, 0.4) is 0 Å². The number of aliphatic imine (C=N–C) groups is 2. The van der Waals surface area contributed by atoms with Crippen molar-refractivity contribution in [3.05, 3.63) is 34.1 Å². The molecular formula is C10H12N6O4. The van der Waals surface area contributed by atoms with Gasteiger partial charge >= 0.3 is 0 Å². The summed E-state index contributed by atoms with van der Waals surface area (Å²) in [6.45, 7) is -0.583. The van der Waals surface area contributed by atoms with E-state index in [1.54, 1.807) is 35.2 Å². The third-order valence-electron chi connectivity index (χ3n) is 2.06. The first kappa shape index (κ1) is 15.3. The minimum Gasteiger partial charge on any atom is -0.290 e. The van der Waals surface area contributed by atoms with Crippen molar-refractivity contribution in [3.8, 4) is 0 Å². The summed E-state index contributed by atoms with van der Waals surface area (Å²) in [5, 5.41) is 22.6. The molecule has 1 rings (SSSR count). The van der Waals surface area contributed by atoms with Crippen molar-refractivity contribution >= 4 is 23.0 Å². The normalized spacial score (nSPS) is 11.9. The SMILES string of the molecule is O=NCC(=Nc1ccc(N=C(CN=O)NO)cc1)NO. The Morgan fingerprint density at radius 2 is 1.20 bits per heavy atom. The maximum atomic E-state index is 10.1. The zero-order chi connectivity index (χ0) is 14.8. The lowest BCUT2D eigenvalue weighted by Crippen LogP contribution is -2.21. The molecule has 0 saturated carbocycles. The Kier molecular flexibility index (Phi) is 6.44.